The van der Waals surface area contributed by atoms with Gasteiger partial charge < -0.3 is 15.2 Å². The Morgan fingerprint density at radius 2 is 2.05 bits per heavy atom. The third-order valence-electron chi connectivity index (χ3n) is 2.63. The minimum absolute atomic E-state index is 0.253. The second-order valence-corrected chi connectivity index (χ2v) is 4.96. The maximum absolute atomic E-state index is 13.3. The van der Waals surface area contributed by atoms with Crippen LogP contribution in [0.4, 0.5) is 10.2 Å². The number of nitrogens with zero attached hydrogens (tertiary/aromatic N) is 2. The van der Waals surface area contributed by atoms with E-state index in [4.69, 9.17) is 15.2 Å². The van der Waals surface area contributed by atoms with Gasteiger partial charge in [0.15, 0.2) is 11.6 Å². The molecule has 2 heterocycles. The Kier molecular flexibility index (Phi) is 4.39. The van der Waals surface area contributed by atoms with Gasteiger partial charge in [0.25, 0.3) is 0 Å². The van der Waals surface area contributed by atoms with Crippen LogP contribution < -0.4 is 15.2 Å². The molecule has 0 spiro atoms. The highest BCUT2D eigenvalue weighted by atomic mass is 79.9. The van der Waals surface area contributed by atoms with Crippen molar-refractivity contribution in [3.63, 3.8) is 0 Å². The average molecular weight is 342 g/mol. The van der Waals surface area contributed by atoms with Crippen LogP contribution in [-0.4, -0.2) is 17.1 Å². The minimum Gasteiger partial charge on any atom is -0.482 e. The predicted octanol–water partition coefficient (Wildman–Crippen LogP) is 3.11. The quantitative estimate of drug-likeness (QED) is 0.925. The Labute approximate surface area is 124 Å². The van der Waals surface area contributed by atoms with Crippen molar-refractivity contribution in [2.45, 2.75) is 13.0 Å². The molecule has 0 aromatic carbocycles. The van der Waals surface area contributed by atoms with Gasteiger partial charge in [-0.3, -0.25) is 0 Å². The number of aromatic nitrogens is 2. The van der Waals surface area contributed by atoms with Crippen LogP contribution in [-0.2, 0) is 0 Å². The zero-order valence-corrected chi connectivity index (χ0v) is 12.5. The van der Waals surface area contributed by atoms with E-state index in [2.05, 4.69) is 25.9 Å². The van der Waals surface area contributed by atoms with Crippen molar-refractivity contribution in [1.29, 1.82) is 0 Å². The molecule has 0 aliphatic carbocycles. The van der Waals surface area contributed by atoms with Gasteiger partial charge in [-0.15, -0.1) is 0 Å². The summed E-state index contributed by atoms with van der Waals surface area (Å²) in [6.45, 7) is 1.75. The number of methoxy groups -OCH3 is 1. The first-order valence-electron chi connectivity index (χ1n) is 5.78. The molecule has 2 rings (SSSR count). The van der Waals surface area contributed by atoms with Crippen LogP contribution in [0, 0.1) is 5.82 Å². The lowest BCUT2D eigenvalue weighted by Crippen LogP contribution is -2.08. The molecule has 7 heteroatoms. The number of hydrogen-bond acceptors (Lipinski definition) is 5. The predicted molar refractivity (Wildman–Crippen MR) is 76.1 cm³/mol. The zero-order valence-electron chi connectivity index (χ0n) is 10.9. The van der Waals surface area contributed by atoms with E-state index in [-0.39, 0.29) is 5.82 Å². The fourth-order valence-corrected chi connectivity index (χ4v) is 1.99. The van der Waals surface area contributed by atoms with Crippen LogP contribution in [0.2, 0.25) is 0 Å². The number of hydrogen-bond donors (Lipinski definition) is 1. The summed E-state index contributed by atoms with van der Waals surface area (Å²) >= 11 is 3.29. The summed E-state index contributed by atoms with van der Waals surface area (Å²) in [6.07, 6.45) is 2.16. The molecule has 2 aromatic heterocycles. The summed E-state index contributed by atoms with van der Waals surface area (Å²) in [6, 6.07) is 3.01. The van der Waals surface area contributed by atoms with Gasteiger partial charge >= 0.3 is 0 Å². The van der Waals surface area contributed by atoms with Gasteiger partial charge in [-0.2, -0.15) is 0 Å². The monoisotopic (exact) mass is 341 g/mol. The average Bonchev–Trinajstić information content (AvgIpc) is 2.42. The molecule has 0 amide bonds. The van der Waals surface area contributed by atoms with E-state index in [1.807, 2.05) is 0 Å². The van der Waals surface area contributed by atoms with Crippen molar-refractivity contribution < 1.29 is 13.9 Å². The second kappa shape index (κ2) is 6.04. The number of pyridine rings is 2. The summed E-state index contributed by atoms with van der Waals surface area (Å²) in [7, 11) is 1.46. The number of nitrogen functional groups attached to an aromatic ring is 1. The van der Waals surface area contributed by atoms with Crippen LogP contribution in [0.15, 0.2) is 29.0 Å². The Morgan fingerprint density at radius 1 is 1.30 bits per heavy atom. The van der Waals surface area contributed by atoms with E-state index in [0.29, 0.717) is 17.2 Å². The van der Waals surface area contributed by atoms with Gasteiger partial charge in [0.1, 0.15) is 11.9 Å². The lowest BCUT2D eigenvalue weighted by Gasteiger charge is -2.17. The SMILES string of the molecule is COc1ncc(F)cc1[C@@H](C)Oc1cc(Br)cnc1N. The van der Waals surface area contributed by atoms with E-state index in [9.17, 15) is 4.39 Å². The molecule has 2 aromatic rings. The lowest BCUT2D eigenvalue weighted by atomic mass is 10.1. The van der Waals surface area contributed by atoms with Gasteiger partial charge in [-0.1, -0.05) is 0 Å². The number of halogens is 2. The largest absolute Gasteiger partial charge is 0.482 e. The molecule has 20 heavy (non-hydrogen) atoms. The topological polar surface area (TPSA) is 70.3 Å². The Morgan fingerprint density at radius 3 is 2.75 bits per heavy atom. The summed E-state index contributed by atoms with van der Waals surface area (Å²) in [5.74, 6) is 0.499. The first-order valence-corrected chi connectivity index (χ1v) is 6.57. The summed E-state index contributed by atoms with van der Waals surface area (Å²) in [4.78, 5) is 7.84. The molecular formula is C13H13BrFN3O2. The number of nitrogens with two attached hydrogens (primary N) is 1. The normalized spacial score (nSPS) is 12.0. The van der Waals surface area contributed by atoms with Gasteiger partial charge in [-0.05, 0) is 35.0 Å². The van der Waals surface area contributed by atoms with Crippen LogP contribution in [0.5, 0.6) is 11.6 Å². The van der Waals surface area contributed by atoms with Crippen molar-refractivity contribution in [1.82, 2.24) is 9.97 Å². The zero-order chi connectivity index (χ0) is 14.7. The Balaban J connectivity index is 2.30. The molecule has 2 N–H and O–H groups in total. The standard InChI is InChI=1S/C13H13BrFN3O2/c1-7(10-4-9(15)6-18-13(10)19-2)20-11-3-8(14)5-17-12(11)16/h3-7H,1-2H3,(H2,16,17)/t7-/m1/s1. The number of anilines is 1. The van der Waals surface area contributed by atoms with Crippen molar-refractivity contribution in [3.8, 4) is 11.6 Å². The van der Waals surface area contributed by atoms with Crippen LogP contribution >= 0.6 is 15.9 Å². The molecule has 106 valence electrons. The van der Waals surface area contributed by atoms with E-state index in [0.717, 1.165) is 10.7 Å². The molecule has 0 saturated carbocycles. The fraction of sp³-hybridized carbons (Fsp3) is 0.231. The Bertz CT molecular complexity index is 625. The molecular weight excluding hydrogens is 329 g/mol. The molecule has 0 bridgehead atoms. The molecule has 0 saturated heterocycles. The Hall–Kier alpha value is -1.89. The number of ether oxygens (including phenoxy) is 2. The molecule has 0 fully saturated rings. The summed E-state index contributed by atoms with van der Waals surface area (Å²) < 4.78 is 24.8. The van der Waals surface area contributed by atoms with Crippen LogP contribution in [0.1, 0.15) is 18.6 Å². The molecule has 0 aliphatic rings. The molecule has 5 nitrogen and oxygen atoms in total. The van der Waals surface area contributed by atoms with Crippen molar-refractivity contribution in [3.05, 3.63) is 40.4 Å². The van der Waals surface area contributed by atoms with Crippen molar-refractivity contribution >= 4 is 21.7 Å². The van der Waals surface area contributed by atoms with E-state index < -0.39 is 11.9 Å². The second-order valence-electron chi connectivity index (χ2n) is 4.05. The van der Waals surface area contributed by atoms with E-state index in [1.54, 1.807) is 19.2 Å². The summed E-state index contributed by atoms with van der Waals surface area (Å²) in [5.41, 5.74) is 6.23. The highest BCUT2D eigenvalue weighted by Gasteiger charge is 2.17. The third kappa shape index (κ3) is 3.16. The first kappa shape index (κ1) is 14.5. The highest BCUT2D eigenvalue weighted by molar-refractivity contribution is 9.10. The number of rotatable bonds is 4. The minimum atomic E-state index is -0.494. The first-order chi connectivity index (χ1) is 9.51. The van der Waals surface area contributed by atoms with Crippen LogP contribution in [0.25, 0.3) is 0 Å². The fourth-order valence-electron chi connectivity index (χ4n) is 1.68. The maximum Gasteiger partial charge on any atom is 0.220 e. The lowest BCUT2D eigenvalue weighted by molar-refractivity contribution is 0.219. The smallest absolute Gasteiger partial charge is 0.220 e. The molecule has 1 atom stereocenters. The highest BCUT2D eigenvalue weighted by Crippen LogP contribution is 2.31. The van der Waals surface area contributed by atoms with Crippen molar-refractivity contribution in [2.24, 2.45) is 0 Å². The van der Waals surface area contributed by atoms with Gasteiger partial charge in [0, 0.05) is 10.7 Å². The van der Waals surface area contributed by atoms with Crippen molar-refractivity contribution in [2.75, 3.05) is 12.8 Å². The van der Waals surface area contributed by atoms with E-state index >= 15 is 0 Å². The van der Waals surface area contributed by atoms with Gasteiger partial charge in [0.05, 0.1) is 18.9 Å². The summed E-state index contributed by atoms with van der Waals surface area (Å²) in [5, 5.41) is 0. The molecule has 0 unspecified atom stereocenters. The van der Waals surface area contributed by atoms with E-state index in [1.165, 1.54) is 13.2 Å². The third-order valence-corrected chi connectivity index (χ3v) is 3.06. The van der Waals surface area contributed by atoms with Crippen LogP contribution in [0.3, 0.4) is 0 Å². The molecule has 0 aliphatic heterocycles. The maximum atomic E-state index is 13.3. The van der Waals surface area contributed by atoms with Gasteiger partial charge in [0.2, 0.25) is 5.88 Å². The molecule has 0 radical (unpaired) electrons. The van der Waals surface area contributed by atoms with Gasteiger partial charge in [-0.25, -0.2) is 14.4 Å².